The normalized spacial score (nSPS) is 12.4. The summed E-state index contributed by atoms with van der Waals surface area (Å²) >= 11 is 3.40. The molecule has 0 N–H and O–H groups in total. The number of rotatable bonds is 7. The van der Waals surface area contributed by atoms with E-state index < -0.39 is 0 Å². The van der Waals surface area contributed by atoms with Crippen LogP contribution in [-0.2, 0) is 0 Å². The van der Waals surface area contributed by atoms with Crippen LogP contribution in [0.3, 0.4) is 0 Å². The van der Waals surface area contributed by atoms with Crippen LogP contribution in [-0.4, -0.2) is 28.6 Å². The number of hydrogen-bond acceptors (Lipinski definition) is 5. The summed E-state index contributed by atoms with van der Waals surface area (Å²) in [5, 5.41) is 4.88. The van der Waals surface area contributed by atoms with Gasteiger partial charge in [0.2, 0.25) is 0 Å². The number of aromatic nitrogens is 2. The Balaban J connectivity index is 1.97. The molecule has 0 spiro atoms. The highest BCUT2D eigenvalue weighted by Gasteiger charge is 2.10. The molecule has 0 aliphatic carbocycles. The van der Waals surface area contributed by atoms with Crippen molar-refractivity contribution < 1.29 is 9.47 Å². The largest absolute Gasteiger partial charge is 0.490 e. The van der Waals surface area contributed by atoms with E-state index in [9.17, 15) is 4.79 Å². The zero-order chi connectivity index (χ0) is 21.0. The molecule has 2 aromatic carbocycles. The molecule has 1 aromatic heterocycles. The molecule has 0 aliphatic heterocycles. The Morgan fingerprint density at radius 2 is 2.00 bits per heavy atom. The SMILES string of the molecule is CCOc1cc(C=Nn2c(C)nc3ccc(Br)cc3c2=O)ccc1O[C@H](C)CC. The van der Waals surface area contributed by atoms with Crippen molar-refractivity contribution in [2.24, 2.45) is 5.10 Å². The van der Waals surface area contributed by atoms with Crippen molar-refractivity contribution in [3.8, 4) is 11.5 Å². The van der Waals surface area contributed by atoms with Crippen LogP contribution in [0.1, 0.15) is 38.6 Å². The Morgan fingerprint density at radius 1 is 1.21 bits per heavy atom. The van der Waals surface area contributed by atoms with E-state index in [0.29, 0.717) is 34.8 Å². The van der Waals surface area contributed by atoms with Gasteiger partial charge in [0.25, 0.3) is 5.56 Å². The van der Waals surface area contributed by atoms with Crippen molar-refractivity contribution in [1.29, 1.82) is 0 Å². The van der Waals surface area contributed by atoms with Gasteiger partial charge in [-0.2, -0.15) is 9.78 Å². The second-order valence-electron chi connectivity index (χ2n) is 6.66. The summed E-state index contributed by atoms with van der Waals surface area (Å²) in [6.07, 6.45) is 2.62. The van der Waals surface area contributed by atoms with Crippen LogP contribution in [0.5, 0.6) is 11.5 Å². The van der Waals surface area contributed by atoms with E-state index in [1.54, 1.807) is 19.2 Å². The first-order valence-corrected chi connectivity index (χ1v) is 10.4. The van der Waals surface area contributed by atoms with Crippen LogP contribution in [0.4, 0.5) is 0 Å². The Hall–Kier alpha value is -2.67. The van der Waals surface area contributed by atoms with Crippen LogP contribution < -0.4 is 15.0 Å². The molecule has 0 amide bonds. The maximum atomic E-state index is 12.8. The van der Waals surface area contributed by atoms with E-state index in [1.165, 1.54) is 4.68 Å². The molecule has 0 unspecified atom stereocenters. The standard InChI is InChI=1S/C22H24BrN3O3/c1-5-14(3)29-20-10-7-16(11-21(20)28-6-2)13-24-26-15(4)25-19-9-8-17(23)12-18(19)22(26)27/h7-14H,5-6H2,1-4H3/t14-/m1/s1. The monoisotopic (exact) mass is 457 g/mol. The summed E-state index contributed by atoms with van der Waals surface area (Å²) in [6, 6.07) is 11.0. The number of halogens is 1. The highest BCUT2D eigenvalue weighted by molar-refractivity contribution is 9.10. The number of hydrogen-bond donors (Lipinski definition) is 0. The third-order valence-corrected chi connectivity index (χ3v) is 4.96. The van der Waals surface area contributed by atoms with Gasteiger partial charge < -0.3 is 9.47 Å². The minimum atomic E-state index is -0.216. The Bertz CT molecular complexity index is 1110. The first-order chi connectivity index (χ1) is 13.9. The highest BCUT2D eigenvalue weighted by Crippen LogP contribution is 2.29. The molecule has 6 nitrogen and oxygen atoms in total. The van der Waals surface area contributed by atoms with E-state index in [2.05, 4.69) is 32.9 Å². The van der Waals surface area contributed by atoms with Crippen LogP contribution in [0.15, 0.2) is 50.8 Å². The lowest BCUT2D eigenvalue weighted by atomic mass is 10.2. The zero-order valence-corrected chi connectivity index (χ0v) is 18.6. The van der Waals surface area contributed by atoms with Crippen molar-refractivity contribution in [3.05, 3.63) is 62.6 Å². The van der Waals surface area contributed by atoms with Crippen molar-refractivity contribution in [3.63, 3.8) is 0 Å². The number of ether oxygens (including phenoxy) is 2. The van der Waals surface area contributed by atoms with E-state index in [0.717, 1.165) is 16.5 Å². The first-order valence-electron chi connectivity index (χ1n) is 9.59. The van der Waals surface area contributed by atoms with Gasteiger partial charge in [0.15, 0.2) is 11.5 Å². The lowest BCUT2D eigenvalue weighted by molar-refractivity contribution is 0.203. The fraction of sp³-hybridized carbons (Fsp3) is 0.318. The van der Waals surface area contributed by atoms with Gasteiger partial charge in [0, 0.05) is 4.47 Å². The second kappa shape index (κ2) is 9.22. The molecule has 1 atom stereocenters. The van der Waals surface area contributed by atoms with Crippen molar-refractivity contribution >= 4 is 33.0 Å². The number of benzene rings is 2. The number of nitrogens with zero attached hydrogens (tertiary/aromatic N) is 3. The van der Waals surface area contributed by atoms with E-state index >= 15 is 0 Å². The molecule has 152 valence electrons. The van der Waals surface area contributed by atoms with Crippen LogP contribution in [0, 0.1) is 6.92 Å². The van der Waals surface area contributed by atoms with E-state index in [4.69, 9.17) is 9.47 Å². The van der Waals surface area contributed by atoms with Gasteiger partial charge in [0.1, 0.15) is 5.82 Å². The highest BCUT2D eigenvalue weighted by atomic mass is 79.9. The molecular formula is C22H24BrN3O3. The first kappa shape index (κ1) is 21.0. The summed E-state index contributed by atoms with van der Waals surface area (Å²) in [6.45, 7) is 8.30. The molecule has 0 saturated heterocycles. The second-order valence-corrected chi connectivity index (χ2v) is 7.57. The van der Waals surface area contributed by atoms with Crippen LogP contribution in [0.25, 0.3) is 10.9 Å². The predicted octanol–water partition coefficient (Wildman–Crippen LogP) is 4.93. The maximum Gasteiger partial charge on any atom is 0.282 e. The smallest absolute Gasteiger partial charge is 0.282 e. The molecule has 7 heteroatoms. The van der Waals surface area contributed by atoms with Gasteiger partial charge in [0.05, 0.1) is 29.8 Å². The summed E-state index contributed by atoms with van der Waals surface area (Å²) in [5.74, 6) is 1.87. The Labute approximate surface area is 178 Å². The van der Waals surface area contributed by atoms with Crippen molar-refractivity contribution in [2.75, 3.05) is 6.61 Å². The van der Waals surface area contributed by atoms with Gasteiger partial charge in [-0.1, -0.05) is 22.9 Å². The summed E-state index contributed by atoms with van der Waals surface area (Å²) in [4.78, 5) is 17.3. The number of aryl methyl sites for hydroxylation is 1. The lowest BCUT2D eigenvalue weighted by Crippen LogP contribution is -2.20. The molecule has 3 aromatic rings. The third-order valence-electron chi connectivity index (χ3n) is 4.46. The topological polar surface area (TPSA) is 65.7 Å². The number of fused-ring (bicyclic) bond motifs is 1. The maximum absolute atomic E-state index is 12.8. The van der Waals surface area contributed by atoms with Crippen LogP contribution in [0.2, 0.25) is 0 Å². The fourth-order valence-corrected chi connectivity index (χ4v) is 3.15. The van der Waals surface area contributed by atoms with Crippen molar-refractivity contribution in [1.82, 2.24) is 9.66 Å². The average molecular weight is 458 g/mol. The summed E-state index contributed by atoms with van der Waals surface area (Å²) in [7, 11) is 0. The zero-order valence-electron chi connectivity index (χ0n) is 17.0. The van der Waals surface area contributed by atoms with Gasteiger partial charge in [-0.15, -0.1) is 0 Å². The quantitative estimate of drug-likeness (QED) is 0.471. The third kappa shape index (κ3) is 4.85. The van der Waals surface area contributed by atoms with Gasteiger partial charge >= 0.3 is 0 Å². The van der Waals surface area contributed by atoms with Crippen LogP contribution >= 0.6 is 15.9 Å². The molecule has 0 radical (unpaired) electrons. The van der Waals surface area contributed by atoms with Gasteiger partial charge in [-0.3, -0.25) is 4.79 Å². The van der Waals surface area contributed by atoms with E-state index in [1.807, 2.05) is 44.2 Å². The fourth-order valence-electron chi connectivity index (χ4n) is 2.79. The molecule has 1 heterocycles. The Kier molecular flexibility index (Phi) is 6.69. The van der Waals surface area contributed by atoms with Gasteiger partial charge in [-0.05, 0) is 69.2 Å². The molecule has 0 aliphatic rings. The lowest BCUT2D eigenvalue weighted by Gasteiger charge is -2.16. The summed E-state index contributed by atoms with van der Waals surface area (Å²) < 4.78 is 13.8. The summed E-state index contributed by atoms with van der Waals surface area (Å²) in [5.41, 5.74) is 1.23. The molecule has 29 heavy (non-hydrogen) atoms. The predicted molar refractivity (Wildman–Crippen MR) is 119 cm³/mol. The molecular weight excluding hydrogens is 434 g/mol. The molecule has 0 saturated carbocycles. The minimum Gasteiger partial charge on any atom is -0.490 e. The van der Waals surface area contributed by atoms with Crippen molar-refractivity contribution in [2.45, 2.75) is 40.2 Å². The minimum absolute atomic E-state index is 0.0953. The average Bonchev–Trinajstić information content (AvgIpc) is 2.70. The Morgan fingerprint density at radius 3 is 2.72 bits per heavy atom. The van der Waals surface area contributed by atoms with E-state index in [-0.39, 0.29) is 11.7 Å². The molecule has 3 rings (SSSR count). The molecule has 0 bridgehead atoms. The van der Waals surface area contributed by atoms with Gasteiger partial charge in [-0.25, -0.2) is 4.98 Å². The molecule has 0 fully saturated rings.